The molecule has 1 aromatic heterocycles. The Balaban J connectivity index is 1.54. The van der Waals surface area contributed by atoms with Crippen LogP contribution in [0.3, 0.4) is 0 Å². The van der Waals surface area contributed by atoms with Crippen LogP contribution in [0.1, 0.15) is 11.1 Å². The van der Waals surface area contributed by atoms with Crippen molar-refractivity contribution in [3.8, 4) is 5.75 Å². The molecule has 2 aromatic carbocycles. The van der Waals surface area contributed by atoms with Gasteiger partial charge in [0.1, 0.15) is 10.9 Å². The Morgan fingerprint density at radius 2 is 2.11 bits per heavy atom. The summed E-state index contributed by atoms with van der Waals surface area (Å²) in [6.07, 6.45) is 1.48. The minimum atomic E-state index is -0.196. The first-order valence-corrected chi connectivity index (χ1v) is 10.2. The monoisotopic (exact) mass is 433 g/mol. The van der Waals surface area contributed by atoms with Crippen molar-refractivity contribution < 1.29 is 9.53 Å². The van der Waals surface area contributed by atoms with Crippen LogP contribution in [-0.4, -0.2) is 30.0 Å². The number of nitrogens with zero attached hydrogens (tertiary/aromatic N) is 2. The normalized spacial score (nSPS) is 11.1. The van der Waals surface area contributed by atoms with Crippen LogP contribution < -0.4 is 10.2 Å². The minimum Gasteiger partial charge on any atom is -0.497 e. The summed E-state index contributed by atoms with van der Waals surface area (Å²) in [5.41, 5.74) is 4.91. The lowest BCUT2D eigenvalue weighted by Crippen LogP contribution is -2.19. The molecule has 1 heterocycles. The number of fused-ring (bicyclic) bond motifs is 1. The maximum atomic E-state index is 11.9. The highest BCUT2D eigenvalue weighted by molar-refractivity contribution is 7.99. The van der Waals surface area contributed by atoms with Crippen LogP contribution >= 0.6 is 35.0 Å². The van der Waals surface area contributed by atoms with Gasteiger partial charge in [0.25, 0.3) is 0 Å². The molecule has 1 amide bonds. The van der Waals surface area contributed by atoms with Crippen molar-refractivity contribution in [3.05, 3.63) is 69.8 Å². The summed E-state index contributed by atoms with van der Waals surface area (Å²) in [5, 5.41) is 5.86. The van der Waals surface area contributed by atoms with E-state index in [0.29, 0.717) is 27.2 Å². The molecule has 0 unspecified atom stereocenters. The lowest BCUT2D eigenvalue weighted by molar-refractivity contribution is -0.118. The van der Waals surface area contributed by atoms with E-state index in [2.05, 4.69) is 15.5 Å². The number of benzene rings is 2. The molecule has 0 aliphatic heterocycles. The van der Waals surface area contributed by atoms with E-state index in [0.717, 1.165) is 16.5 Å². The molecule has 0 saturated heterocycles. The van der Waals surface area contributed by atoms with Crippen LogP contribution in [0.15, 0.2) is 53.6 Å². The van der Waals surface area contributed by atoms with Gasteiger partial charge in [0.2, 0.25) is 5.91 Å². The number of ether oxygens (including phenoxy) is 1. The number of hydrazone groups is 1. The fraction of sp³-hybridized carbons (Fsp3) is 0.150. The summed E-state index contributed by atoms with van der Waals surface area (Å²) in [6, 6.07) is 15.0. The Bertz CT molecular complexity index is 1030. The van der Waals surface area contributed by atoms with Gasteiger partial charge in [0.15, 0.2) is 0 Å². The maximum Gasteiger partial charge on any atom is 0.250 e. The van der Waals surface area contributed by atoms with Crippen LogP contribution in [0.4, 0.5) is 0 Å². The number of hydrogen-bond donors (Lipinski definition) is 1. The second-order valence-corrected chi connectivity index (χ2v) is 7.62. The summed E-state index contributed by atoms with van der Waals surface area (Å²) >= 11 is 13.6. The summed E-state index contributed by atoms with van der Waals surface area (Å²) in [7, 11) is 1.60. The molecule has 0 aliphatic rings. The minimum absolute atomic E-state index is 0.196. The summed E-state index contributed by atoms with van der Waals surface area (Å²) < 4.78 is 5.18. The van der Waals surface area contributed by atoms with Gasteiger partial charge in [-0.1, -0.05) is 35.3 Å². The van der Waals surface area contributed by atoms with Gasteiger partial charge in [-0.25, -0.2) is 10.4 Å². The third kappa shape index (κ3) is 5.61. The smallest absolute Gasteiger partial charge is 0.250 e. The number of amides is 1. The zero-order valence-corrected chi connectivity index (χ0v) is 17.3. The Morgan fingerprint density at radius 3 is 2.89 bits per heavy atom. The van der Waals surface area contributed by atoms with Crippen LogP contribution in [0.5, 0.6) is 5.75 Å². The third-order valence-corrected chi connectivity index (χ3v) is 5.33. The molecule has 3 rings (SSSR count). The lowest BCUT2D eigenvalue weighted by atomic mass is 10.1. The zero-order valence-electron chi connectivity index (χ0n) is 15.0. The molecule has 0 fully saturated rings. The number of rotatable bonds is 7. The number of aromatic nitrogens is 1. The molecule has 0 radical (unpaired) electrons. The lowest BCUT2D eigenvalue weighted by Gasteiger charge is -2.05. The zero-order chi connectivity index (χ0) is 19.9. The van der Waals surface area contributed by atoms with Gasteiger partial charge in [0.05, 0.1) is 24.6 Å². The van der Waals surface area contributed by atoms with E-state index in [-0.39, 0.29) is 11.7 Å². The van der Waals surface area contributed by atoms with Crippen molar-refractivity contribution in [2.75, 3.05) is 12.9 Å². The fourth-order valence-corrected chi connectivity index (χ4v) is 3.63. The number of methoxy groups -OCH3 is 1. The molecule has 0 atom stereocenters. The number of carbonyl (C=O) groups excluding carboxylic acids is 1. The molecule has 1 N–H and O–H groups in total. The van der Waals surface area contributed by atoms with Gasteiger partial charge < -0.3 is 4.74 Å². The average molecular weight is 434 g/mol. The number of thioether (sulfide) groups is 1. The molecule has 8 heteroatoms. The fourth-order valence-electron chi connectivity index (χ4n) is 2.45. The van der Waals surface area contributed by atoms with Gasteiger partial charge in [-0.15, -0.1) is 11.8 Å². The molecular weight excluding hydrogens is 417 g/mol. The summed E-state index contributed by atoms with van der Waals surface area (Å²) in [6.45, 7) is 0. The summed E-state index contributed by atoms with van der Waals surface area (Å²) in [5.74, 6) is 1.49. The Morgan fingerprint density at radius 1 is 1.25 bits per heavy atom. The highest BCUT2D eigenvalue weighted by Crippen LogP contribution is 2.23. The van der Waals surface area contributed by atoms with Crippen molar-refractivity contribution in [3.63, 3.8) is 0 Å². The van der Waals surface area contributed by atoms with E-state index in [4.69, 9.17) is 27.9 Å². The van der Waals surface area contributed by atoms with Gasteiger partial charge in [-0.2, -0.15) is 5.10 Å². The van der Waals surface area contributed by atoms with Crippen molar-refractivity contribution in [1.82, 2.24) is 10.4 Å². The van der Waals surface area contributed by atoms with E-state index in [1.54, 1.807) is 13.2 Å². The molecular formula is C20H17Cl2N3O2S. The van der Waals surface area contributed by atoms with Crippen molar-refractivity contribution in [2.45, 2.75) is 5.75 Å². The molecule has 0 bridgehead atoms. The molecule has 28 heavy (non-hydrogen) atoms. The Kier molecular flexibility index (Phi) is 7.14. The second-order valence-electron chi connectivity index (χ2n) is 5.84. The van der Waals surface area contributed by atoms with Crippen molar-refractivity contribution >= 4 is 58.0 Å². The average Bonchev–Trinajstić information content (AvgIpc) is 2.68. The molecule has 0 aliphatic carbocycles. The van der Waals surface area contributed by atoms with Crippen LogP contribution in [0.25, 0.3) is 10.9 Å². The summed E-state index contributed by atoms with van der Waals surface area (Å²) in [4.78, 5) is 16.3. The van der Waals surface area contributed by atoms with Crippen molar-refractivity contribution in [1.29, 1.82) is 0 Å². The second kappa shape index (κ2) is 9.78. The predicted octanol–water partition coefficient (Wildman–Crippen LogP) is 4.93. The third-order valence-electron chi connectivity index (χ3n) is 3.79. The van der Waals surface area contributed by atoms with E-state index >= 15 is 0 Å². The molecule has 0 spiro atoms. The highest BCUT2D eigenvalue weighted by atomic mass is 35.5. The van der Waals surface area contributed by atoms with Gasteiger partial charge in [-0.3, -0.25) is 4.79 Å². The van der Waals surface area contributed by atoms with Gasteiger partial charge in [-0.05, 0) is 35.9 Å². The number of nitrogens with one attached hydrogen (secondary N) is 1. The first kappa shape index (κ1) is 20.5. The van der Waals surface area contributed by atoms with E-state index in [9.17, 15) is 4.79 Å². The van der Waals surface area contributed by atoms with Gasteiger partial charge in [0, 0.05) is 27.8 Å². The largest absolute Gasteiger partial charge is 0.497 e. The van der Waals surface area contributed by atoms with Crippen LogP contribution in [0, 0.1) is 0 Å². The van der Waals surface area contributed by atoms with Gasteiger partial charge >= 0.3 is 0 Å². The quantitative estimate of drug-likeness (QED) is 0.325. The van der Waals surface area contributed by atoms with Crippen molar-refractivity contribution in [2.24, 2.45) is 5.10 Å². The van der Waals surface area contributed by atoms with E-state index < -0.39 is 0 Å². The number of pyridine rings is 1. The number of halogens is 2. The first-order chi connectivity index (χ1) is 13.5. The molecule has 0 saturated carbocycles. The SMILES string of the molecule is COc1ccc2cc(/C=N\NC(=O)CSCc3cccc(Cl)c3)c(Cl)nc2c1. The number of hydrogen-bond acceptors (Lipinski definition) is 5. The molecule has 3 aromatic rings. The standard InChI is InChI=1S/C20H17Cl2N3O2S/c1-27-17-6-5-14-8-15(20(22)24-18(14)9-17)10-23-25-19(26)12-28-11-13-3-2-4-16(21)7-13/h2-10H,11-12H2,1H3,(H,25,26)/b23-10-. The predicted molar refractivity (Wildman–Crippen MR) is 117 cm³/mol. The van der Waals surface area contributed by atoms with E-state index in [1.807, 2.05) is 42.5 Å². The van der Waals surface area contributed by atoms with Crippen LogP contribution in [-0.2, 0) is 10.5 Å². The topological polar surface area (TPSA) is 63.6 Å². The maximum absolute atomic E-state index is 11.9. The van der Waals surface area contributed by atoms with Crippen LogP contribution in [0.2, 0.25) is 10.2 Å². The van der Waals surface area contributed by atoms with E-state index in [1.165, 1.54) is 18.0 Å². The Hall–Kier alpha value is -2.28. The molecule has 5 nitrogen and oxygen atoms in total. The first-order valence-electron chi connectivity index (χ1n) is 8.33. The number of carbonyl (C=O) groups is 1. The highest BCUT2D eigenvalue weighted by Gasteiger charge is 2.05. The molecule has 144 valence electrons. The Labute approximate surface area is 177 Å².